The van der Waals surface area contributed by atoms with E-state index >= 15 is 0 Å². The Bertz CT molecular complexity index is 3480. The molecule has 0 spiro atoms. The summed E-state index contributed by atoms with van der Waals surface area (Å²) in [5.41, 5.74) is 1.93. The van der Waals surface area contributed by atoms with E-state index in [4.69, 9.17) is 49.0 Å². The molecule has 4 atom stereocenters. The highest BCUT2D eigenvalue weighted by atomic mass is 79.9. The first kappa shape index (κ1) is 59.2. The van der Waals surface area contributed by atoms with Crippen LogP contribution >= 0.6 is 50.7 Å². The number of rotatable bonds is 17. The van der Waals surface area contributed by atoms with Gasteiger partial charge in [0.05, 0.1) is 6.20 Å². The van der Waals surface area contributed by atoms with E-state index in [0.717, 1.165) is 77.8 Å². The molecule has 4 bridgehead atoms. The van der Waals surface area contributed by atoms with E-state index in [1.807, 2.05) is 26.0 Å². The van der Waals surface area contributed by atoms with Crippen LogP contribution in [0.3, 0.4) is 0 Å². The predicted molar refractivity (Wildman–Crippen MR) is 306 cm³/mol. The van der Waals surface area contributed by atoms with Crippen LogP contribution in [0.5, 0.6) is 35.3 Å². The molecule has 18 nitrogen and oxygen atoms in total. The zero-order valence-electron chi connectivity index (χ0n) is 44.8. The molecule has 27 heteroatoms. The van der Waals surface area contributed by atoms with Gasteiger partial charge in [0.1, 0.15) is 61.0 Å². The van der Waals surface area contributed by atoms with Crippen LogP contribution in [-0.4, -0.2) is 103 Å². The lowest BCUT2D eigenvalue weighted by molar-refractivity contribution is 0.117. The Hall–Kier alpha value is -7.02. The van der Waals surface area contributed by atoms with Crippen LogP contribution < -0.4 is 24.0 Å². The van der Waals surface area contributed by atoms with Crippen LogP contribution in [0.25, 0.3) is 6.20 Å². The summed E-state index contributed by atoms with van der Waals surface area (Å²) in [4.78, 5) is 34.9. The SMILES string of the molecule is Cc1cc(N2CC3CCC(C2)C3Cc2nc(Oc3cccc(Cl)c3)n(C=CF)n2)ncn1.Cc1cc(N2CC3CCC(C2)C3Cc2nc(Oc3cccc(Cl)c3)n(CC(F)F)n2)ncn1.FC(F)Cn1nc(Br)nc1Oc1cccc(Cl)c1. The van der Waals surface area contributed by atoms with Gasteiger partial charge in [-0.1, -0.05) is 53.0 Å². The van der Waals surface area contributed by atoms with E-state index in [1.54, 1.807) is 85.5 Å². The van der Waals surface area contributed by atoms with E-state index in [0.29, 0.717) is 92.2 Å². The van der Waals surface area contributed by atoms with Gasteiger partial charge in [-0.2, -0.15) is 24.7 Å². The molecule has 2 saturated carbocycles. The van der Waals surface area contributed by atoms with E-state index in [2.05, 4.69) is 75.9 Å². The molecule has 4 unspecified atom stereocenters. The first-order valence-electron chi connectivity index (χ1n) is 26.8. The Labute approximate surface area is 498 Å². The highest BCUT2D eigenvalue weighted by Crippen LogP contribution is 2.46. The lowest BCUT2D eigenvalue weighted by Gasteiger charge is -2.38. The topological polar surface area (TPSA) is 178 Å². The lowest BCUT2D eigenvalue weighted by atomic mass is 9.82. The maximum atomic E-state index is 13.2. The zero-order chi connectivity index (χ0) is 58.1. The molecule has 83 heavy (non-hydrogen) atoms. The largest absolute Gasteiger partial charge is 0.424 e. The maximum absolute atomic E-state index is 13.2. The molecule has 12 rings (SSSR count). The molecule has 0 radical (unpaired) electrons. The molecule has 7 heterocycles. The summed E-state index contributed by atoms with van der Waals surface area (Å²) in [7, 11) is 0. The van der Waals surface area contributed by atoms with Crippen molar-refractivity contribution in [3.05, 3.63) is 147 Å². The Kier molecular flexibility index (Phi) is 19.3. The fraction of sp³-hybridized carbons (Fsp3) is 0.393. The number of benzene rings is 3. The summed E-state index contributed by atoms with van der Waals surface area (Å²) >= 11 is 20.9. The molecule has 8 aromatic rings. The van der Waals surface area contributed by atoms with Crippen molar-refractivity contribution >= 4 is 68.6 Å². The van der Waals surface area contributed by atoms with E-state index < -0.39 is 25.9 Å². The third-order valence-corrected chi connectivity index (χ3v) is 15.9. The molecule has 2 saturated heterocycles. The Morgan fingerprint density at radius 1 is 0.554 bits per heavy atom. The first-order valence-corrected chi connectivity index (χ1v) is 28.7. The number of fused-ring (bicyclic) bond motifs is 4. The fourth-order valence-corrected chi connectivity index (χ4v) is 12.2. The summed E-state index contributed by atoms with van der Waals surface area (Å²) < 4.78 is 84.5. The molecular formula is C56H56BrCl3F5N15O3. The summed E-state index contributed by atoms with van der Waals surface area (Å²) in [5, 5.41) is 14.1. The van der Waals surface area contributed by atoms with Gasteiger partial charge in [0.15, 0.2) is 11.6 Å². The summed E-state index contributed by atoms with van der Waals surface area (Å²) in [6, 6.07) is 24.7. The third-order valence-electron chi connectivity index (χ3n) is 14.9. The van der Waals surface area contributed by atoms with Gasteiger partial charge in [-0.3, -0.25) is 0 Å². The number of nitrogens with zero attached hydrogens (tertiary/aromatic N) is 15. The molecule has 4 fully saturated rings. The molecule has 3 aromatic carbocycles. The Balaban J connectivity index is 0.000000145. The van der Waals surface area contributed by atoms with Crippen LogP contribution in [0.4, 0.5) is 33.6 Å². The van der Waals surface area contributed by atoms with Crippen molar-refractivity contribution in [3.63, 3.8) is 0 Å². The van der Waals surface area contributed by atoms with Crippen LogP contribution in [0.1, 0.15) is 48.7 Å². The van der Waals surface area contributed by atoms with E-state index in [-0.39, 0.29) is 22.8 Å². The molecule has 436 valence electrons. The lowest BCUT2D eigenvalue weighted by Crippen LogP contribution is -2.43. The van der Waals surface area contributed by atoms with Crippen LogP contribution in [-0.2, 0) is 25.9 Å². The van der Waals surface area contributed by atoms with E-state index in [9.17, 15) is 22.0 Å². The number of hydrogen-bond acceptors (Lipinski definition) is 15. The van der Waals surface area contributed by atoms with Crippen LogP contribution in [0.15, 0.2) is 109 Å². The van der Waals surface area contributed by atoms with Gasteiger partial charge in [-0.25, -0.2) is 51.3 Å². The molecule has 0 N–H and O–H groups in total. The average Bonchev–Trinajstić information content (AvgIpc) is 4.24. The quantitative estimate of drug-likeness (QED) is 0.0786. The fourth-order valence-electron chi connectivity index (χ4n) is 11.3. The van der Waals surface area contributed by atoms with Crippen molar-refractivity contribution in [2.75, 3.05) is 36.0 Å². The molecule has 5 aromatic heterocycles. The highest BCUT2D eigenvalue weighted by Gasteiger charge is 2.44. The second-order valence-electron chi connectivity index (χ2n) is 20.6. The van der Waals surface area contributed by atoms with Gasteiger partial charge in [0.25, 0.3) is 12.9 Å². The van der Waals surface area contributed by atoms with Crippen molar-refractivity contribution in [2.24, 2.45) is 35.5 Å². The highest BCUT2D eigenvalue weighted by molar-refractivity contribution is 9.10. The number of aromatic nitrogens is 13. The van der Waals surface area contributed by atoms with Crippen molar-refractivity contribution in [3.8, 4) is 35.3 Å². The number of ether oxygens (including phenoxy) is 3. The maximum Gasteiger partial charge on any atom is 0.325 e. The first-order chi connectivity index (χ1) is 40.1. The van der Waals surface area contributed by atoms with Crippen LogP contribution in [0, 0.1) is 49.4 Å². The van der Waals surface area contributed by atoms with Gasteiger partial charge in [-0.15, -0.1) is 10.2 Å². The summed E-state index contributed by atoms with van der Waals surface area (Å²) in [6.07, 6.45) is 5.81. The number of hydrogen-bond donors (Lipinski definition) is 0. The third kappa shape index (κ3) is 15.6. The van der Waals surface area contributed by atoms with Crippen LogP contribution in [0.2, 0.25) is 15.1 Å². The Morgan fingerprint density at radius 2 is 0.964 bits per heavy atom. The standard InChI is InChI=1S/C23H25ClF2N6O.C23H24ClFN6O.C10H7BrClF2N3O/c1-14-7-22(28-13-27-14)31-10-15-5-6-16(11-31)19(15)9-21-29-23(32(30-21)12-20(25)26)33-18-4-2-3-17(24)8-18;1-15-9-22(27-14-26-15)30-12-16-5-6-17(13-30)20(16)11-21-28-23(31(29-21)8-7-25)32-19-4-2-3-18(24)10-19;11-9-15-10(17(16-9)5-8(13)14)18-7-3-1-2-6(12)4-7/h2-4,7-8,13,15-16,19-20H,5-6,9-12H2,1H3;2-4,7-10,14,16-17,20H,5-6,11-13H2,1H3;1-4,8H,5H2. The van der Waals surface area contributed by atoms with Crippen molar-refractivity contribution < 1.29 is 36.2 Å². The number of alkyl halides is 4. The monoisotopic (exact) mass is 1270 g/mol. The molecule has 4 aliphatic rings. The molecule has 2 aliphatic heterocycles. The minimum atomic E-state index is -2.56. The van der Waals surface area contributed by atoms with Crippen molar-refractivity contribution in [1.82, 2.24) is 64.2 Å². The number of piperidine rings is 2. The van der Waals surface area contributed by atoms with Gasteiger partial charge in [0, 0.05) is 77.6 Å². The summed E-state index contributed by atoms with van der Waals surface area (Å²) in [6.45, 7) is 6.57. The smallest absolute Gasteiger partial charge is 0.325 e. The second-order valence-corrected chi connectivity index (χ2v) is 22.6. The summed E-state index contributed by atoms with van der Waals surface area (Å²) in [5.74, 6) is 7.49. The van der Waals surface area contributed by atoms with Crippen molar-refractivity contribution in [1.29, 1.82) is 0 Å². The minimum Gasteiger partial charge on any atom is -0.424 e. The number of anilines is 2. The zero-order valence-corrected chi connectivity index (χ0v) is 48.7. The molecule has 2 aliphatic carbocycles. The molecule has 0 amide bonds. The van der Waals surface area contributed by atoms with Crippen molar-refractivity contribution in [2.45, 2.75) is 78.3 Å². The normalized spacial score (nSPS) is 19.9. The minimum absolute atomic E-state index is 0.0237. The number of aryl methyl sites for hydroxylation is 2. The Morgan fingerprint density at radius 3 is 1.39 bits per heavy atom. The van der Waals surface area contributed by atoms with E-state index in [1.165, 1.54) is 23.7 Å². The average molecular weight is 1270 g/mol. The molecular weight excluding hydrogens is 1210 g/mol. The van der Waals surface area contributed by atoms with Gasteiger partial charge in [0.2, 0.25) is 4.73 Å². The second kappa shape index (κ2) is 27.1. The van der Waals surface area contributed by atoms with Gasteiger partial charge >= 0.3 is 18.0 Å². The van der Waals surface area contributed by atoms with Gasteiger partial charge in [-0.05, 0) is 146 Å². The van der Waals surface area contributed by atoms with Gasteiger partial charge < -0.3 is 24.0 Å². The predicted octanol–water partition coefficient (Wildman–Crippen LogP) is 13.5. The number of halogens is 9.